The third-order valence-electron chi connectivity index (χ3n) is 1.51. The fraction of sp³-hybridized carbons (Fsp3) is 0. The molecule has 1 aromatic carbocycles. The van der Waals surface area contributed by atoms with Crippen LogP contribution in [-0.4, -0.2) is 98.9 Å². The molecule has 2 aromatic rings. The predicted octanol–water partition coefficient (Wildman–Crippen LogP) is 0.880. The Morgan fingerprint density at radius 3 is 2.12 bits per heavy atom. The summed E-state index contributed by atoms with van der Waals surface area (Å²) in [7, 11) is 0. The van der Waals surface area contributed by atoms with Crippen molar-refractivity contribution in [3.05, 3.63) is 42.6 Å². The molecule has 0 saturated carbocycles. The molecule has 0 bridgehead atoms. The number of nitrogens with zero attached hydrogens (tertiary/aromatic N) is 3. The van der Waals surface area contributed by atoms with Crippen LogP contribution in [0.3, 0.4) is 0 Å². The first-order valence-electron chi connectivity index (χ1n) is 3.92. The van der Waals surface area contributed by atoms with E-state index in [9.17, 15) is 0 Å². The molecule has 0 radical (unpaired) electrons. The summed E-state index contributed by atoms with van der Waals surface area (Å²) in [6.07, 6.45) is 1.71. The molecule has 16 heavy (non-hydrogen) atoms. The Hall–Kier alpha value is 1.03. The zero-order chi connectivity index (χ0) is 8.93. The molecule has 2 rings (SSSR count). The summed E-state index contributed by atoms with van der Waals surface area (Å²) in [5, 5.41) is 14.4. The molecular formula is C9H11N4Na3. The average molecular weight is 244 g/mol. The monoisotopic (exact) mass is 244 g/mol. The minimum atomic E-state index is 0. The second-order valence-electron chi connectivity index (χ2n) is 2.47. The van der Waals surface area contributed by atoms with E-state index in [1.165, 1.54) is 0 Å². The van der Waals surface area contributed by atoms with Crippen molar-refractivity contribution in [1.82, 2.24) is 10.2 Å². The number of aromatic nitrogens is 2. The largest absolute Gasteiger partial charge is 0.283 e. The maximum Gasteiger partial charge on any atom is 0.195 e. The van der Waals surface area contributed by atoms with E-state index < -0.39 is 0 Å². The van der Waals surface area contributed by atoms with E-state index in [1.54, 1.807) is 12.3 Å². The van der Waals surface area contributed by atoms with Gasteiger partial charge >= 0.3 is 88.7 Å². The zero-order valence-corrected chi connectivity index (χ0v) is 6.88. The predicted molar refractivity (Wildman–Crippen MR) is 70.7 cm³/mol. The molecular weight excluding hydrogens is 233 g/mol. The summed E-state index contributed by atoms with van der Waals surface area (Å²) in [5.74, 6) is 0.587. The Balaban J connectivity index is 0. The van der Waals surface area contributed by atoms with Gasteiger partial charge in [-0.2, -0.15) is 5.10 Å². The molecule has 70 valence electrons. The van der Waals surface area contributed by atoms with Gasteiger partial charge in [-0.05, 0) is 12.1 Å². The Morgan fingerprint density at radius 1 is 0.875 bits per heavy atom. The van der Waals surface area contributed by atoms with E-state index in [4.69, 9.17) is 0 Å². The maximum atomic E-state index is 3.99. The number of rotatable bonds is 2. The number of azo groups is 1. The Labute approximate surface area is 161 Å². The molecule has 1 heterocycles. The second kappa shape index (κ2) is 11.1. The van der Waals surface area contributed by atoms with E-state index in [0.717, 1.165) is 5.69 Å². The normalized spacial score (nSPS) is 8.75. The average Bonchev–Trinajstić information content (AvgIpc) is 2.69. The van der Waals surface area contributed by atoms with Crippen LogP contribution in [0, 0.1) is 0 Å². The second-order valence-corrected chi connectivity index (χ2v) is 2.47. The fourth-order valence-corrected chi connectivity index (χ4v) is 0.912. The van der Waals surface area contributed by atoms with Crippen LogP contribution in [0.4, 0.5) is 11.5 Å². The van der Waals surface area contributed by atoms with Crippen molar-refractivity contribution in [3.8, 4) is 0 Å². The summed E-state index contributed by atoms with van der Waals surface area (Å²) in [5.41, 5.74) is 0.825. The molecule has 0 unspecified atom stereocenters. The van der Waals surface area contributed by atoms with Gasteiger partial charge < -0.3 is 0 Å². The van der Waals surface area contributed by atoms with Crippen LogP contribution in [-0.2, 0) is 0 Å². The number of H-pyrrole nitrogens is 1. The minimum Gasteiger partial charge on any atom is -0.283 e. The Morgan fingerprint density at radius 2 is 1.56 bits per heavy atom. The van der Waals surface area contributed by atoms with Crippen LogP contribution < -0.4 is 0 Å². The molecule has 1 aromatic heterocycles. The van der Waals surface area contributed by atoms with Crippen molar-refractivity contribution in [3.63, 3.8) is 0 Å². The first kappa shape index (κ1) is 19.4. The summed E-state index contributed by atoms with van der Waals surface area (Å²) in [4.78, 5) is 0. The smallest absolute Gasteiger partial charge is 0.195 e. The number of nitrogens with one attached hydrogen (secondary N) is 1. The van der Waals surface area contributed by atoms with Crippen molar-refractivity contribution in [2.24, 2.45) is 10.2 Å². The molecule has 0 aliphatic carbocycles. The third-order valence-corrected chi connectivity index (χ3v) is 1.51. The standard InChI is InChI=1S/C9H8N4.3Na.3H/c1-2-4-8(5-3-1)11-13-9-6-7-10-12-9;;;;;;/h1-7H,(H,10,12);;;;;;. The Bertz CT molecular complexity index is 388. The van der Waals surface area contributed by atoms with Gasteiger partial charge in [-0.25, -0.2) is 0 Å². The zero-order valence-electron chi connectivity index (χ0n) is 6.88. The molecule has 1 N–H and O–H groups in total. The van der Waals surface area contributed by atoms with E-state index in [-0.39, 0.29) is 88.7 Å². The van der Waals surface area contributed by atoms with Gasteiger partial charge in [-0.3, -0.25) is 5.10 Å². The van der Waals surface area contributed by atoms with Crippen LogP contribution >= 0.6 is 0 Å². The summed E-state index contributed by atoms with van der Waals surface area (Å²) < 4.78 is 0. The minimum absolute atomic E-state index is 0. The molecule has 7 heteroatoms. The van der Waals surface area contributed by atoms with Gasteiger partial charge in [0.25, 0.3) is 0 Å². The molecule has 0 aliphatic rings. The summed E-state index contributed by atoms with van der Waals surface area (Å²) in [6, 6.07) is 11.3. The first-order valence-corrected chi connectivity index (χ1v) is 3.92. The summed E-state index contributed by atoms with van der Waals surface area (Å²) in [6.45, 7) is 0. The molecule has 0 aliphatic heterocycles. The van der Waals surface area contributed by atoms with Crippen LogP contribution in [0.2, 0.25) is 0 Å². The number of hydrogen-bond acceptors (Lipinski definition) is 3. The molecule has 0 atom stereocenters. The van der Waals surface area contributed by atoms with E-state index in [0.29, 0.717) is 5.82 Å². The van der Waals surface area contributed by atoms with Crippen molar-refractivity contribution in [2.45, 2.75) is 0 Å². The quantitative estimate of drug-likeness (QED) is 0.618. The summed E-state index contributed by atoms with van der Waals surface area (Å²) >= 11 is 0. The first-order chi connectivity index (χ1) is 6.45. The van der Waals surface area contributed by atoms with Gasteiger partial charge in [-0.15, -0.1) is 10.2 Å². The molecule has 4 nitrogen and oxygen atoms in total. The van der Waals surface area contributed by atoms with Gasteiger partial charge in [0.1, 0.15) is 0 Å². The van der Waals surface area contributed by atoms with Gasteiger partial charge in [0.05, 0.1) is 5.69 Å². The van der Waals surface area contributed by atoms with Crippen molar-refractivity contribution in [2.75, 3.05) is 0 Å². The SMILES string of the molecule is [NaH].[NaH].[NaH].c1ccc(N=Nc2cc[nH]n2)cc1. The number of hydrogen-bond donors (Lipinski definition) is 1. The van der Waals surface area contributed by atoms with E-state index >= 15 is 0 Å². The molecule has 0 amide bonds. The van der Waals surface area contributed by atoms with Crippen LogP contribution in [0.15, 0.2) is 52.8 Å². The third kappa shape index (κ3) is 6.69. The van der Waals surface area contributed by atoms with Crippen molar-refractivity contribution >= 4 is 100 Å². The number of benzene rings is 1. The van der Waals surface area contributed by atoms with Crippen molar-refractivity contribution < 1.29 is 0 Å². The van der Waals surface area contributed by atoms with Gasteiger partial charge in [0, 0.05) is 12.3 Å². The topological polar surface area (TPSA) is 53.4 Å². The van der Waals surface area contributed by atoms with Crippen LogP contribution in [0.25, 0.3) is 0 Å². The van der Waals surface area contributed by atoms with Gasteiger partial charge in [-0.1, -0.05) is 18.2 Å². The van der Waals surface area contributed by atoms with Gasteiger partial charge in [0.2, 0.25) is 0 Å². The molecule has 0 saturated heterocycles. The molecule has 0 spiro atoms. The molecule has 0 fully saturated rings. The fourth-order valence-electron chi connectivity index (χ4n) is 0.912. The number of aromatic amines is 1. The Kier molecular flexibility index (Phi) is 13.5. The van der Waals surface area contributed by atoms with Crippen LogP contribution in [0.5, 0.6) is 0 Å². The van der Waals surface area contributed by atoms with E-state index in [1.807, 2.05) is 30.3 Å². The maximum absolute atomic E-state index is 3.99. The van der Waals surface area contributed by atoms with Crippen LogP contribution in [0.1, 0.15) is 0 Å². The van der Waals surface area contributed by atoms with E-state index in [2.05, 4.69) is 20.4 Å². The van der Waals surface area contributed by atoms with Gasteiger partial charge in [0.15, 0.2) is 5.82 Å². The van der Waals surface area contributed by atoms with Crippen molar-refractivity contribution in [1.29, 1.82) is 0 Å².